The Balaban J connectivity index is 3.37. The van der Waals surface area contributed by atoms with Crippen molar-refractivity contribution in [1.29, 1.82) is 0 Å². The molecule has 0 aliphatic heterocycles. The Morgan fingerprint density at radius 1 is 1.16 bits per heavy atom. The summed E-state index contributed by atoms with van der Waals surface area (Å²) in [6.45, 7) is 7.68. The number of hydrogen-bond acceptors (Lipinski definition) is 6. The molecule has 0 N–H and O–H groups in total. The van der Waals surface area contributed by atoms with Gasteiger partial charge in [0, 0.05) is 11.8 Å². The molecule has 0 heterocycles. The van der Waals surface area contributed by atoms with Crippen molar-refractivity contribution in [3.05, 3.63) is 39.9 Å². The van der Waals surface area contributed by atoms with E-state index in [4.69, 9.17) is 9.47 Å². The number of ketones is 1. The van der Waals surface area contributed by atoms with Crippen LogP contribution in [0.3, 0.4) is 0 Å². The highest BCUT2D eigenvalue weighted by Gasteiger charge is 2.44. The van der Waals surface area contributed by atoms with E-state index in [1.54, 1.807) is 45.0 Å². The molecule has 0 aliphatic carbocycles. The fraction of sp³-hybridized carbons (Fsp3) is 0.556. The summed E-state index contributed by atoms with van der Waals surface area (Å²) in [6.07, 6.45) is 0. The predicted octanol–water partition coefficient (Wildman–Crippen LogP) is 2.99. The van der Waals surface area contributed by atoms with E-state index in [0.717, 1.165) is 0 Å². The van der Waals surface area contributed by atoms with Crippen molar-refractivity contribution in [2.75, 3.05) is 7.11 Å². The summed E-state index contributed by atoms with van der Waals surface area (Å²) in [5.74, 6) is -2.84. The molecule has 3 unspecified atom stereocenters. The number of esters is 1. The topological polar surface area (TPSA) is 95.7 Å². The highest BCUT2D eigenvalue weighted by molar-refractivity contribution is 5.99. The zero-order chi connectivity index (χ0) is 19.4. The highest BCUT2D eigenvalue weighted by Crippen LogP contribution is 2.33. The Bertz CT molecular complexity index is 632. The molecule has 1 aromatic rings. The molecule has 0 spiro atoms. The molecule has 0 aliphatic rings. The van der Waals surface area contributed by atoms with Crippen LogP contribution in [0, 0.1) is 16.0 Å². The van der Waals surface area contributed by atoms with Crippen LogP contribution in [0.2, 0.25) is 0 Å². The fourth-order valence-electron chi connectivity index (χ4n) is 2.64. The number of methoxy groups -OCH3 is 1. The standard InChI is InChI=1S/C18H25NO6/c1-11(19(22)23)15(13-7-9-14(24-6)10-8-13)16(12(2)20)17(21)25-18(3,4)5/h7-11,15-16H,1-6H3. The Hall–Kier alpha value is -2.44. The maximum Gasteiger partial charge on any atom is 0.317 e. The lowest BCUT2D eigenvalue weighted by Gasteiger charge is -2.28. The van der Waals surface area contributed by atoms with Crippen LogP contribution in [0.15, 0.2) is 24.3 Å². The van der Waals surface area contributed by atoms with E-state index in [0.29, 0.717) is 11.3 Å². The van der Waals surface area contributed by atoms with Gasteiger partial charge in [0.05, 0.1) is 13.0 Å². The van der Waals surface area contributed by atoms with Crippen molar-refractivity contribution in [2.45, 2.75) is 52.2 Å². The Kier molecular flexibility index (Phi) is 6.67. The smallest absolute Gasteiger partial charge is 0.317 e. The second-order valence-corrected chi connectivity index (χ2v) is 6.95. The van der Waals surface area contributed by atoms with Crippen molar-refractivity contribution >= 4 is 11.8 Å². The first-order valence-corrected chi connectivity index (χ1v) is 7.98. The number of benzene rings is 1. The van der Waals surface area contributed by atoms with Gasteiger partial charge >= 0.3 is 5.97 Å². The normalized spacial score (nSPS) is 15.0. The lowest BCUT2D eigenvalue weighted by molar-refractivity contribution is -0.523. The van der Waals surface area contributed by atoms with Gasteiger partial charge < -0.3 is 9.47 Å². The van der Waals surface area contributed by atoms with Gasteiger partial charge in [0.15, 0.2) is 0 Å². The molecule has 0 saturated carbocycles. The molecule has 1 rings (SSSR count). The molecule has 0 saturated heterocycles. The van der Waals surface area contributed by atoms with Crippen LogP contribution in [0.1, 0.15) is 46.1 Å². The summed E-state index contributed by atoms with van der Waals surface area (Å²) in [7, 11) is 1.51. The largest absolute Gasteiger partial charge is 0.497 e. The lowest BCUT2D eigenvalue weighted by atomic mass is 9.79. The van der Waals surface area contributed by atoms with Crippen molar-refractivity contribution in [3.63, 3.8) is 0 Å². The fourth-order valence-corrected chi connectivity index (χ4v) is 2.64. The first kappa shape index (κ1) is 20.6. The van der Waals surface area contributed by atoms with Crippen LogP contribution >= 0.6 is 0 Å². The van der Waals surface area contributed by atoms with Crippen LogP contribution in [-0.2, 0) is 14.3 Å². The average Bonchev–Trinajstić information content (AvgIpc) is 2.49. The molecule has 0 radical (unpaired) electrons. The third-order valence-electron chi connectivity index (χ3n) is 3.81. The van der Waals surface area contributed by atoms with Crippen LogP contribution in [0.4, 0.5) is 0 Å². The molecule has 3 atom stereocenters. The predicted molar refractivity (Wildman–Crippen MR) is 92.2 cm³/mol. The maximum absolute atomic E-state index is 12.6. The lowest BCUT2D eigenvalue weighted by Crippen LogP contribution is -2.41. The van der Waals surface area contributed by atoms with Crippen molar-refractivity contribution in [2.24, 2.45) is 5.92 Å². The highest BCUT2D eigenvalue weighted by atomic mass is 16.6. The molecule has 1 aromatic carbocycles. The molecular weight excluding hydrogens is 326 g/mol. The Labute approximate surface area is 147 Å². The van der Waals surface area contributed by atoms with E-state index < -0.39 is 40.2 Å². The van der Waals surface area contributed by atoms with Crippen LogP contribution < -0.4 is 4.74 Å². The minimum Gasteiger partial charge on any atom is -0.497 e. The molecule has 25 heavy (non-hydrogen) atoms. The van der Waals surface area contributed by atoms with E-state index in [1.165, 1.54) is 21.0 Å². The van der Waals surface area contributed by atoms with Crippen LogP contribution in [0.25, 0.3) is 0 Å². The number of carbonyl (C=O) groups is 2. The second-order valence-electron chi connectivity index (χ2n) is 6.95. The maximum atomic E-state index is 12.6. The van der Waals surface area contributed by atoms with E-state index in [9.17, 15) is 19.7 Å². The number of rotatable bonds is 7. The van der Waals surface area contributed by atoms with E-state index in [-0.39, 0.29) is 0 Å². The molecule has 138 valence electrons. The molecule has 0 bridgehead atoms. The molecule has 0 amide bonds. The molecule has 0 aromatic heterocycles. The number of Topliss-reactive ketones (excluding diaryl/α,β-unsaturated/α-hetero) is 1. The first-order valence-electron chi connectivity index (χ1n) is 7.98. The van der Waals surface area contributed by atoms with Crippen LogP contribution in [0.5, 0.6) is 5.75 Å². The van der Waals surface area contributed by atoms with Gasteiger partial charge in [-0.3, -0.25) is 19.7 Å². The zero-order valence-corrected chi connectivity index (χ0v) is 15.4. The van der Waals surface area contributed by atoms with Gasteiger partial charge in [-0.1, -0.05) is 12.1 Å². The SMILES string of the molecule is COc1ccc(C(C(C(C)=O)C(=O)OC(C)(C)C)C(C)[N+](=O)[O-])cc1. The minimum absolute atomic E-state index is 0.469. The van der Waals surface area contributed by atoms with Gasteiger partial charge in [0.1, 0.15) is 23.1 Å². The van der Waals surface area contributed by atoms with Gasteiger partial charge in [-0.25, -0.2) is 0 Å². The number of nitro groups is 1. The van der Waals surface area contributed by atoms with Gasteiger partial charge in [-0.15, -0.1) is 0 Å². The Morgan fingerprint density at radius 3 is 2.04 bits per heavy atom. The number of carbonyl (C=O) groups excluding carboxylic acids is 2. The summed E-state index contributed by atoms with van der Waals surface area (Å²) in [4.78, 5) is 35.7. The van der Waals surface area contributed by atoms with Crippen molar-refractivity contribution in [1.82, 2.24) is 0 Å². The first-order chi connectivity index (χ1) is 11.5. The number of nitrogens with zero attached hydrogens (tertiary/aromatic N) is 1. The minimum atomic E-state index is -1.26. The molecule has 0 fully saturated rings. The third-order valence-corrected chi connectivity index (χ3v) is 3.81. The monoisotopic (exact) mass is 351 g/mol. The van der Waals surface area contributed by atoms with E-state index in [1.807, 2.05) is 0 Å². The third kappa shape index (κ3) is 5.55. The average molecular weight is 351 g/mol. The van der Waals surface area contributed by atoms with Crippen molar-refractivity contribution in [3.8, 4) is 5.75 Å². The Morgan fingerprint density at radius 2 is 1.68 bits per heavy atom. The van der Waals surface area contributed by atoms with E-state index >= 15 is 0 Å². The van der Waals surface area contributed by atoms with Gasteiger partial charge in [-0.2, -0.15) is 0 Å². The van der Waals surface area contributed by atoms with E-state index in [2.05, 4.69) is 0 Å². The number of hydrogen-bond donors (Lipinski definition) is 0. The van der Waals surface area contributed by atoms with Crippen molar-refractivity contribution < 1.29 is 24.0 Å². The molecule has 7 heteroatoms. The summed E-state index contributed by atoms with van der Waals surface area (Å²) >= 11 is 0. The summed E-state index contributed by atoms with van der Waals surface area (Å²) < 4.78 is 10.4. The summed E-state index contributed by atoms with van der Waals surface area (Å²) in [6, 6.07) is 5.39. The second kappa shape index (κ2) is 8.09. The van der Waals surface area contributed by atoms with Gasteiger partial charge in [0.2, 0.25) is 6.04 Å². The van der Waals surface area contributed by atoms with Crippen LogP contribution in [-0.4, -0.2) is 35.4 Å². The van der Waals surface area contributed by atoms with Gasteiger partial charge in [-0.05, 0) is 45.4 Å². The van der Waals surface area contributed by atoms with Gasteiger partial charge in [0.25, 0.3) is 0 Å². The number of ether oxygens (including phenoxy) is 2. The molecule has 7 nitrogen and oxygen atoms in total. The molecular formula is C18H25NO6. The zero-order valence-electron chi connectivity index (χ0n) is 15.4. The summed E-state index contributed by atoms with van der Waals surface area (Å²) in [5, 5.41) is 11.4. The summed E-state index contributed by atoms with van der Waals surface area (Å²) in [5.41, 5.74) is -0.288. The quantitative estimate of drug-likeness (QED) is 0.324.